The number of aryl methyl sites for hydroxylation is 1. The molecule has 1 heterocycles. The molecule has 0 saturated heterocycles. The smallest absolute Gasteiger partial charge is 0.282 e. The number of hydrogen-bond donors (Lipinski definition) is 1. The number of nitro groups is 1. The molecule has 0 aliphatic rings. The molecular weight excluding hydrogens is 362 g/mol. The summed E-state index contributed by atoms with van der Waals surface area (Å²) in [5.41, 5.74) is 0.297. The fourth-order valence-electron chi connectivity index (χ4n) is 1.70. The van der Waals surface area contributed by atoms with Crippen molar-refractivity contribution < 1.29 is 9.72 Å². The number of nitrogens with zero attached hydrogens (tertiary/aromatic N) is 2. The summed E-state index contributed by atoms with van der Waals surface area (Å²) in [4.78, 5) is 26.6. The van der Waals surface area contributed by atoms with Crippen molar-refractivity contribution in [1.82, 2.24) is 4.98 Å². The zero-order valence-electron chi connectivity index (χ0n) is 10.8. The summed E-state index contributed by atoms with van der Waals surface area (Å²) in [6, 6.07) is 5.58. The molecule has 2 aromatic rings. The number of hydrogen-bond acceptors (Lipinski definition) is 4. The monoisotopic (exact) mass is 369 g/mol. The van der Waals surface area contributed by atoms with E-state index in [0.717, 1.165) is 10.0 Å². The molecule has 0 fully saturated rings. The Morgan fingerprint density at radius 1 is 1.43 bits per heavy atom. The van der Waals surface area contributed by atoms with Crippen molar-refractivity contribution in [3.63, 3.8) is 0 Å². The number of benzene rings is 1. The molecule has 0 spiro atoms. The van der Waals surface area contributed by atoms with Crippen molar-refractivity contribution in [3.8, 4) is 0 Å². The highest BCUT2D eigenvalue weighted by atomic mass is 79.9. The van der Waals surface area contributed by atoms with Crippen LogP contribution in [0, 0.1) is 17.0 Å². The van der Waals surface area contributed by atoms with Crippen molar-refractivity contribution in [1.29, 1.82) is 0 Å². The van der Waals surface area contributed by atoms with Crippen molar-refractivity contribution in [2.45, 2.75) is 6.92 Å². The number of halogens is 2. The molecule has 8 heteroatoms. The van der Waals surface area contributed by atoms with Crippen LogP contribution >= 0.6 is 27.5 Å². The quantitative estimate of drug-likeness (QED) is 0.654. The summed E-state index contributed by atoms with van der Waals surface area (Å²) in [6.07, 6.45) is 1.52. The van der Waals surface area contributed by atoms with Gasteiger partial charge in [-0.2, -0.15) is 0 Å². The van der Waals surface area contributed by atoms with Gasteiger partial charge in [0.2, 0.25) is 0 Å². The zero-order chi connectivity index (χ0) is 15.6. The Morgan fingerprint density at radius 3 is 2.76 bits per heavy atom. The van der Waals surface area contributed by atoms with E-state index in [-0.39, 0.29) is 16.3 Å². The lowest BCUT2D eigenvalue weighted by Gasteiger charge is -2.08. The molecule has 0 aliphatic heterocycles. The summed E-state index contributed by atoms with van der Waals surface area (Å²) in [5.74, 6) is -0.306. The van der Waals surface area contributed by atoms with Crippen LogP contribution in [0.4, 0.5) is 11.5 Å². The van der Waals surface area contributed by atoms with E-state index in [1.807, 2.05) is 0 Å². The molecule has 1 aromatic heterocycles. The van der Waals surface area contributed by atoms with Gasteiger partial charge in [0, 0.05) is 21.8 Å². The van der Waals surface area contributed by atoms with Crippen LogP contribution in [0.15, 0.2) is 34.9 Å². The number of aromatic nitrogens is 1. The van der Waals surface area contributed by atoms with E-state index in [1.54, 1.807) is 13.0 Å². The lowest BCUT2D eigenvalue weighted by atomic mass is 10.1. The minimum atomic E-state index is -0.637. The Bertz CT molecular complexity index is 737. The maximum atomic E-state index is 12.2. The third-order valence-corrected chi connectivity index (χ3v) is 3.35. The SMILES string of the molecule is Cc1cc(Br)cnc1NC(=O)c1cc(Cl)ccc1[N+](=O)[O-]. The number of carbonyl (C=O) groups is 1. The van der Waals surface area contributed by atoms with E-state index in [2.05, 4.69) is 26.2 Å². The summed E-state index contributed by atoms with van der Waals surface area (Å²) in [5, 5.41) is 13.7. The molecule has 6 nitrogen and oxygen atoms in total. The first-order valence-corrected chi connectivity index (χ1v) is 6.93. The van der Waals surface area contributed by atoms with Gasteiger partial charge in [-0.1, -0.05) is 11.6 Å². The molecule has 2 rings (SSSR count). The molecule has 0 atom stereocenters. The standard InChI is InChI=1S/C13H9BrClN3O3/c1-7-4-8(14)6-16-12(7)17-13(19)10-5-9(15)2-3-11(10)18(20)21/h2-6H,1H3,(H,16,17,19). The van der Waals surface area contributed by atoms with E-state index in [4.69, 9.17) is 11.6 Å². The molecule has 0 unspecified atom stereocenters. The maximum Gasteiger partial charge on any atom is 0.282 e. The molecule has 0 saturated carbocycles. The first kappa shape index (κ1) is 15.4. The maximum absolute atomic E-state index is 12.2. The van der Waals surface area contributed by atoms with Crippen LogP contribution in [0.25, 0.3) is 0 Å². The third kappa shape index (κ3) is 3.56. The molecule has 21 heavy (non-hydrogen) atoms. The Kier molecular flexibility index (Phi) is 4.54. The fourth-order valence-corrected chi connectivity index (χ4v) is 2.31. The van der Waals surface area contributed by atoms with Gasteiger partial charge in [0.25, 0.3) is 11.6 Å². The Labute approximate surface area is 133 Å². The number of anilines is 1. The summed E-state index contributed by atoms with van der Waals surface area (Å²) < 4.78 is 0.770. The number of carbonyl (C=O) groups excluding carboxylic acids is 1. The second-order valence-electron chi connectivity index (χ2n) is 4.19. The zero-order valence-corrected chi connectivity index (χ0v) is 13.1. The van der Waals surface area contributed by atoms with Crippen molar-refractivity contribution in [2.75, 3.05) is 5.32 Å². The lowest BCUT2D eigenvalue weighted by Crippen LogP contribution is -2.15. The predicted molar refractivity (Wildman–Crippen MR) is 82.7 cm³/mol. The Morgan fingerprint density at radius 2 is 2.14 bits per heavy atom. The molecule has 108 valence electrons. The molecule has 0 bridgehead atoms. The van der Waals surface area contributed by atoms with Gasteiger partial charge >= 0.3 is 0 Å². The van der Waals surface area contributed by atoms with Crippen LogP contribution in [-0.2, 0) is 0 Å². The van der Waals surface area contributed by atoms with Gasteiger partial charge in [0.15, 0.2) is 0 Å². The molecule has 1 amide bonds. The number of rotatable bonds is 3. The summed E-state index contributed by atoms with van der Waals surface area (Å²) in [7, 11) is 0. The van der Waals surface area contributed by atoms with Gasteiger partial charge < -0.3 is 5.32 Å². The molecule has 1 N–H and O–H groups in total. The van der Waals surface area contributed by atoms with Crippen molar-refractivity contribution in [2.24, 2.45) is 0 Å². The van der Waals surface area contributed by atoms with Crippen molar-refractivity contribution in [3.05, 3.63) is 61.2 Å². The second-order valence-corrected chi connectivity index (χ2v) is 5.54. The minimum Gasteiger partial charge on any atom is -0.306 e. The number of nitro benzene ring substituents is 1. The molecular formula is C13H9BrClN3O3. The van der Waals surface area contributed by atoms with Gasteiger partial charge in [-0.3, -0.25) is 14.9 Å². The average molecular weight is 371 g/mol. The molecule has 1 aromatic carbocycles. The first-order valence-electron chi connectivity index (χ1n) is 5.76. The van der Waals surface area contributed by atoms with Gasteiger partial charge in [0.05, 0.1) is 4.92 Å². The number of nitrogens with one attached hydrogen (secondary N) is 1. The van der Waals surface area contributed by atoms with Crippen LogP contribution in [0.3, 0.4) is 0 Å². The van der Waals surface area contributed by atoms with Crippen LogP contribution < -0.4 is 5.32 Å². The normalized spacial score (nSPS) is 10.2. The highest BCUT2D eigenvalue weighted by molar-refractivity contribution is 9.10. The highest BCUT2D eigenvalue weighted by Gasteiger charge is 2.21. The number of pyridine rings is 1. The van der Waals surface area contributed by atoms with E-state index >= 15 is 0 Å². The fraction of sp³-hybridized carbons (Fsp3) is 0.0769. The largest absolute Gasteiger partial charge is 0.306 e. The highest BCUT2D eigenvalue weighted by Crippen LogP contribution is 2.24. The minimum absolute atomic E-state index is 0.114. The summed E-state index contributed by atoms with van der Waals surface area (Å²) >= 11 is 9.06. The van der Waals surface area contributed by atoms with E-state index in [1.165, 1.54) is 24.4 Å². The van der Waals surface area contributed by atoms with Gasteiger partial charge in [-0.15, -0.1) is 0 Å². The van der Waals surface area contributed by atoms with E-state index < -0.39 is 10.8 Å². The third-order valence-electron chi connectivity index (χ3n) is 2.68. The van der Waals surface area contributed by atoms with Gasteiger partial charge in [-0.05, 0) is 46.6 Å². The van der Waals surface area contributed by atoms with Crippen molar-refractivity contribution >= 4 is 44.9 Å². The Hall–Kier alpha value is -1.99. The van der Waals surface area contributed by atoms with Gasteiger partial charge in [0.1, 0.15) is 11.4 Å². The second kappa shape index (κ2) is 6.19. The molecule has 0 aliphatic carbocycles. The van der Waals surface area contributed by atoms with E-state index in [9.17, 15) is 14.9 Å². The average Bonchev–Trinajstić information content (AvgIpc) is 2.41. The van der Waals surface area contributed by atoms with Crippen LogP contribution in [0.2, 0.25) is 5.02 Å². The topological polar surface area (TPSA) is 85.1 Å². The van der Waals surface area contributed by atoms with Crippen LogP contribution in [0.5, 0.6) is 0 Å². The molecule has 0 radical (unpaired) electrons. The van der Waals surface area contributed by atoms with Gasteiger partial charge in [-0.25, -0.2) is 4.98 Å². The van der Waals surface area contributed by atoms with Crippen LogP contribution in [0.1, 0.15) is 15.9 Å². The number of amides is 1. The predicted octanol–water partition coefficient (Wildman–Crippen LogP) is 3.97. The lowest BCUT2D eigenvalue weighted by molar-refractivity contribution is -0.385. The summed E-state index contributed by atoms with van der Waals surface area (Å²) in [6.45, 7) is 1.76. The van der Waals surface area contributed by atoms with Crippen LogP contribution in [-0.4, -0.2) is 15.8 Å². The first-order chi connectivity index (χ1) is 9.88. The van der Waals surface area contributed by atoms with E-state index in [0.29, 0.717) is 5.82 Å². The Balaban J connectivity index is 2.36.